The predicted octanol–water partition coefficient (Wildman–Crippen LogP) is 2.96. The molecule has 2 aromatic carbocycles. The van der Waals surface area contributed by atoms with Crippen LogP contribution in [0.4, 0.5) is 0 Å². The summed E-state index contributed by atoms with van der Waals surface area (Å²) in [5.74, 6) is 0.317. The highest BCUT2D eigenvalue weighted by Gasteiger charge is 2.25. The maximum Gasteiger partial charge on any atom is 0.223 e. The summed E-state index contributed by atoms with van der Waals surface area (Å²) in [4.78, 5) is 14.8. The fourth-order valence-corrected chi connectivity index (χ4v) is 3.41. The average Bonchev–Trinajstić information content (AvgIpc) is 2.66. The van der Waals surface area contributed by atoms with E-state index in [4.69, 9.17) is 0 Å². The molecule has 0 aromatic heterocycles. The summed E-state index contributed by atoms with van der Waals surface area (Å²) in [5.41, 5.74) is 3.83. The highest BCUT2D eigenvalue weighted by molar-refractivity contribution is 5.78. The molecule has 25 heavy (non-hydrogen) atoms. The molecular weight excluding hydrogens is 312 g/mol. The van der Waals surface area contributed by atoms with Gasteiger partial charge in [0.1, 0.15) is 5.75 Å². The van der Waals surface area contributed by atoms with Gasteiger partial charge in [0.25, 0.3) is 0 Å². The first-order chi connectivity index (χ1) is 12.1. The second-order valence-corrected chi connectivity index (χ2v) is 6.74. The Morgan fingerprint density at radius 2 is 1.80 bits per heavy atom. The van der Waals surface area contributed by atoms with E-state index in [0.29, 0.717) is 12.2 Å². The third-order valence-electron chi connectivity index (χ3n) is 5.16. The molecule has 2 aromatic rings. The molecule has 3 rings (SSSR count). The summed E-state index contributed by atoms with van der Waals surface area (Å²) < 4.78 is 0. The second-order valence-electron chi connectivity index (χ2n) is 6.74. The molecule has 4 nitrogen and oxygen atoms in total. The largest absolute Gasteiger partial charge is 0.507 e. The number of carbonyl (C=O) groups is 1. The number of hydrogen-bond donors (Lipinski definition) is 2. The van der Waals surface area contributed by atoms with Gasteiger partial charge >= 0.3 is 0 Å². The van der Waals surface area contributed by atoms with Crippen molar-refractivity contribution < 1.29 is 9.90 Å². The molecule has 1 amide bonds. The van der Waals surface area contributed by atoms with Crippen molar-refractivity contribution in [2.75, 3.05) is 26.2 Å². The van der Waals surface area contributed by atoms with E-state index in [1.54, 1.807) is 0 Å². The Hall–Kier alpha value is -2.33. The molecule has 2 N–H and O–H groups in total. The van der Waals surface area contributed by atoms with E-state index < -0.39 is 0 Å². The van der Waals surface area contributed by atoms with Gasteiger partial charge in [-0.2, -0.15) is 0 Å². The number of phenolic OH excluding ortho intramolecular Hbond substituents is 1. The molecule has 0 unspecified atom stereocenters. The van der Waals surface area contributed by atoms with Crippen molar-refractivity contribution in [3.05, 3.63) is 64.7 Å². The van der Waals surface area contributed by atoms with Gasteiger partial charge in [-0.15, -0.1) is 0 Å². The van der Waals surface area contributed by atoms with Crippen molar-refractivity contribution in [2.45, 2.75) is 26.2 Å². The van der Waals surface area contributed by atoms with Crippen LogP contribution in [-0.2, 0) is 4.79 Å². The number of amides is 1. The first-order valence-electron chi connectivity index (χ1n) is 8.90. The summed E-state index contributed by atoms with van der Waals surface area (Å²) in [5, 5.41) is 14.0. The number of hydrogen-bond acceptors (Lipinski definition) is 3. The van der Waals surface area contributed by atoms with Gasteiger partial charge in [-0.25, -0.2) is 0 Å². The molecule has 0 radical (unpaired) electrons. The van der Waals surface area contributed by atoms with Gasteiger partial charge in [0.2, 0.25) is 5.91 Å². The molecular formula is C21H26N2O2. The third-order valence-corrected chi connectivity index (χ3v) is 5.16. The van der Waals surface area contributed by atoms with Gasteiger partial charge < -0.3 is 15.3 Å². The normalized spacial score (nSPS) is 15.8. The minimum absolute atomic E-state index is 0.136. The number of nitrogens with one attached hydrogen (secondary N) is 1. The van der Waals surface area contributed by atoms with Crippen molar-refractivity contribution in [2.24, 2.45) is 0 Å². The molecule has 1 heterocycles. The van der Waals surface area contributed by atoms with Crippen LogP contribution in [-0.4, -0.2) is 42.1 Å². The van der Waals surface area contributed by atoms with E-state index in [1.165, 1.54) is 0 Å². The molecule has 0 bridgehead atoms. The monoisotopic (exact) mass is 338 g/mol. The van der Waals surface area contributed by atoms with Crippen molar-refractivity contribution >= 4 is 5.91 Å². The smallest absolute Gasteiger partial charge is 0.223 e. The quantitative estimate of drug-likeness (QED) is 0.901. The van der Waals surface area contributed by atoms with Crippen LogP contribution in [0, 0.1) is 13.8 Å². The Morgan fingerprint density at radius 3 is 2.48 bits per heavy atom. The van der Waals surface area contributed by atoms with E-state index in [1.807, 2.05) is 61.2 Å². The molecule has 1 fully saturated rings. The lowest BCUT2D eigenvalue weighted by Gasteiger charge is -2.29. The fourth-order valence-electron chi connectivity index (χ4n) is 3.41. The molecule has 132 valence electrons. The zero-order chi connectivity index (χ0) is 17.8. The van der Waals surface area contributed by atoms with E-state index in [2.05, 4.69) is 5.32 Å². The fraction of sp³-hybridized carbons (Fsp3) is 0.381. The molecule has 0 spiro atoms. The van der Waals surface area contributed by atoms with Gasteiger partial charge in [-0.1, -0.05) is 42.5 Å². The third kappa shape index (κ3) is 3.85. The van der Waals surface area contributed by atoms with Gasteiger partial charge in [-0.05, 0) is 30.5 Å². The molecule has 4 heteroatoms. The number of benzene rings is 2. The van der Waals surface area contributed by atoms with Crippen molar-refractivity contribution in [3.8, 4) is 5.75 Å². The maximum absolute atomic E-state index is 12.8. The number of nitrogens with zero attached hydrogens (tertiary/aromatic N) is 1. The van der Waals surface area contributed by atoms with E-state index in [-0.39, 0.29) is 11.8 Å². The molecule has 1 aliphatic heterocycles. The zero-order valence-electron chi connectivity index (χ0n) is 15.0. The van der Waals surface area contributed by atoms with E-state index >= 15 is 0 Å². The zero-order valence-corrected chi connectivity index (χ0v) is 15.0. The first kappa shape index (κ1) is 17.5. The highest BCUT2D eigenvalue weighted by atomic mass is 16.3. The van der Waals surface area contributed by atoms with Crippen molar-refractivity contribution in [3.63, 3.8) is 0 Å². The van der Waals surface area contributed by atoms with Gasteiger partial charge in [0.05, 0.1) is 0 Å². The number of aromatic hydroxyl groups is 1. The lowest BCUT2D eigenvalue weighted by Crippen LogP contribution is -2.46. The Balaban J connectivity index is 1.93. The van der Waals surface area contributed by atoms with E-state index in [0.717, 1.165) is 48.4 Å². The number of carbonyl (C=O) groups excluding carboxylic acids is 1. The molecule has 1 aliphatic rings. The molecule has 0 saturated carbocycles. The van der Waals surface area contributed by atoms with Crippen LogP contribution in [0.1, 0.15) is 34.6 Å². The first-order valence-corrected chi connectivity index (χ1v) is 8.90. The van der Waals surface area contributed by atoms with Crippen LogP contribution >= 0.6 is 0 Å². The van der Waals surface area contributed by atoms with Crippen molar-refractivity contribution in [1.82, 2.24) is 10.2 Å². The topological polar surface area (TPSA) is 52.6 Å². The number of piperazine rings is 1. The second kappa shape index (κ2) is 7.70. The Bertz CT molecular complexity index is 737. The molecule has 1 atom stereocenters. The number of rotatable bonds is 4. The van der Waals surface area contributed by atoms with E-state index in [9.17, 15) is 9.90 Å². The van der Waals surface area contributed by atoms with Crippen LogP contribution in [0.3, 0.4) is 0 Å². The summed E-state index contributed by atoms with van der Waals surface area (Å²) >= 11 is 0. The predicted molar refractivity (Wildman–Crippen MR) is 99.9 cm³/mol. The minimum atomic E-state index is -0.136. The highest BCUT2D eigenvalue weighted by Crippen LogP contribution is 2.37. The summed E-state index contributed by atoms with van der Waals surface area (Å²) in [7, 11) is 0. The Kier molecular flexibility index (Phi) is 5.39. The average molecular weight is 338 g/mol. The SMILES string of the molecule is Cc1ccc([C@@H](CC(=O)N2CCNCC2)c2ccccc2)c(O)c1C. The standard InChI is InChI=1S/C21H26N2O2/c1-15-8-9-18(21(25)16(15)2)19(17-6-4-3-5-7-17)14-20(24)23-12-10-22-11-13-23/h3-9,19,22,25H,10-14H2,1-2H3/t19-/m0/s1. The van der Waals surface area contributed by atoms with Crippen LogP contribution in [0.15, 0.2) is 42.5 Å². The van der Waals surface area contributed by atoms with Gasteiger partial charge in [0.15, 0.2) is 0 Å². The van der Waals surface area contributed by atoms with Crippen LogP contribution in [0.5, 0.6) is 5.75 Å². The minimum Gasteiger partial charge on any atom is -0.507 e. The Morgan fingerprint density at radius 1 is 1.12 bits per heavy atom. The van der Waals surface area contributed by atoms with Crippen LogP contribution in [0.2, 0.25) is 0 Å². The van der Waals surface area contributed by atoms with Crippen molar-refractivity contribution in [1.29, 1.82) is 0 Å². The van der Waals surface area contributed by atoms with Crippen LogP contribution in [0.25, 0.3) is 0 Å². The maximum atomic E-state index is 12.8. The molecule has 0 aliphatic carbocycles. The summed E-state index contributed by atoms with van der Waals surface area (Å²) in [6.45, 7) is 7.10. The summed E-state index contributed by atoms with van der Waals surface area (Å²) in [6.07, 6.45) is 0.375. The Labute approximate surface area is 149 Å². The lowest BCUT2D eigenvalue weighted by atomic mass is 9.85. The molecule has 1 saturated heterocycles. The lowest BCUT2D eigenvalue weighted by molar-refractivity contribution is -0.132. The van der Waals surface area contributed by atoms with Gasteiger partial charge in [-0.3, -0.25) is 4.79 Å². The van der Waals surface area contributed by atoms with Crippen LogP contribution < -0.4 is 5.32 Å². The number of phenols is 1. The summed E-state index contributed by atoms with van der Waals surface area (Å²) in [6, 6.07) is 14.0. The van der Waals surface area contributed by atoms with Gasteiger partial charge in [0, 0.05) is 44.1 Å². The number of aryl methyl sites for hydroxylation is 1.